The molecule has 0 saturated carbocycles. The molecule has 0 aromatic carbocycles. The van der Waals surface area contributed by atoms with Crippen LogP contribution in [-0.2, 0) is 29.6 Å². The number of nitrogens with one attached hydrogen (secondary N) is 1. The van der Waals surface area contributed by atoms with Gasteiger partial charge in [-0.2, -0.15) is 18.3 Å². The molecule has 1 atom stereocenters. The predicted molar refractivity (Wildman–Crippen MR) is 92.0 cm³/mol. The Bertz CT molecular complexity index is 855. The molecule has 1 N–H and O–H groups in total. The van der Waals surface area contributed by atoms with Crippen molar-refractivity contribution in [3.63, 3.8) is 0 Å². The third-order valence-electron chi connectivity index (χ3n) is 5.20. The molecule has 1 aromatic rings. The van der Waals surface area contributed by atoms with Crippen molar-refractivity contribution in [1.82, 2.24) is 20.0 Å². The zero-order valence-corrected chi connectivity index (χ0v) is 16.2. The molecule has 0 bridgehead atoms. The second kappa shape index (κ2) is 6.84. The fourth-order valence-electron chi connectivity index (χ4n) is 3.86. The Kier molecular flexibility index (Phi) is 5.13. The van der Waals surface area contributed by atoms with Crippen LogP contribution in [0.1, 0.15) is 30.7 Å². The Hall–Kier alpha value is -1.49. The van der Waals surface area contributed by atoms with E-state index >= 15 is 0 Å². The first-order valence-corrected chi connectivity index (χ1v) is 10.6. The second-order valence-electron chi connectivity index (χ2n) is 7.26. The van der Waals surface area contributed by atoms with Crippen molar-refractivity contribution in [1.29, 1.82) is 0 Å². The summed E-state index contributed by atoms with van der Waals surface area (Å²) in [6.07, 6.45) is -2.71. The fraction of sp³-hybridized carbons (Fsp3) is 0.733. The SMILES string of the molecule is Cn1nc(C(F)(F)F)c(Cl)c1CNC(=O)N1CCCC2(CCS(=O)(=O)C2)C1. The summed E-state index contributed by atoms with van der Waals surface area (Å²) in [4.78, 5) is 14.0. The van der Waals surface area contributed by atoms with Gasteiger partial charge in [0.2, 0.25) is 0 Å². The summed E-state index contributed by atoms with van der Waals surface area (Å²) in [5, 5.41) is 5.40. The first kappa shape index (κ1) is 20.2. The molecule has 2 aliphatic rings. The normalized spacial score (nSPS) is 25.1. The Morgan fingerprint density at radius 1 is 1.37 bits per heavy atom. The van der Waals surface area contributed by atoms with Crippen LogP contribution < -0.4 is 5.32 Å². The standard InChI is InChI=1S/C15H20ClF3N4O3S/c1-22-10(11(16)12(21-22)15(17,18)19)7-20-13(24)23-5-2-3-14(8-23)4-6-27(25,26)9-14/h2-9H2,1H3,(H,20,24). The van der Waals surface area contributed by atoms with Gasteiger partial charge in [-0.05, 0) is 19.3 Å². The summed E-state index contributed by atoms with van der Waals surface area (Å²) in [6, 6.07) is -0.454. The van der Waals surface area contributed by atoms with E-state index in [9.17, 15) is 26.4 Å². The number of carbonyl (C=O) groups is 1. The first-order valence-electron chi connectivity index (χ1n) is 8.44. The van der Waals surface area contributed by atoms with Crippen molar-refractivity contribution < 1.29 is 26.4 Å². The van der Waals surface area contributed by atoms with Crippen LogP contribution in [-0.4, -0.2) is 53.7 Å². The number of likely N-dealkylation sites (tertiary alicyclic amines) is 1. The average molecular weight is 429 g/mol. The van der Waals surface area contributed by atoms with Crippen molar-refractivity contribution in [2.75, 3.05) is 24.6 Å². The summed E-state index contributed by atoms with van der Waals surface area (Å²) >= 11 is 5.78. The van der Waals surface area contributed by atoms with Crippen LogP contribution in [0.15, 0.2) is 0 Å². The molecule has 7 nitrogen and oxygen atoms in total. The molecule has 2 amide bonds. The Balaban J connectivity index is 1.66. The van der Waals surface area contributed by atoms with Crippen molar-refractivity contribution in [2.24, 2.45) is 12.5 Å². The van der Waals surface area contributed by atoms with E-state index in [0.29, 0.717) is 25.9 Å². The number of nitrogens with zero attached hydrogens (tertiary/aromatic N) is 3. The van der Waals surface area contributed by atoms with Gasteiger partial charge in [-0.15, -0.1) is 0 Å². The number of halogens is 4. The molecule has 27 heavy (non-hydrogen) atoms. The van der Waals surface area contributed by atoms with E-state index in [-0.39, 0.29) is 23.7 Å². The van der Waals surface area contributed by atoms with Gasteiger partial charge in [0.15, 0.2) is 15.5 Å². The number of piperidine rings is 1. The highest BCUT2D eigenvalue weighted by molar-refractivity contribution is 7.91. The predicted octanol–water partition coefficient (Wildman–Crippen LogP) is 2.20. The molecule has 2 fully saturated rings. The quantitative estimate of drug-likeness (QED) is 0.782. The lowest BCUT2D eigenvalue weighted by Crippen LogP contribution is -2.50. The number of alkyl halides is 3. The number of rotatable bonds is 2. The number of aryl methyl sites for hydroxylation is 1. The first-order chi connectivity index (χ1) is 12.4. The van der Waals surface area contributed by atoms with Crippen LogP contribution in [0, 0.1) is 5.41 Å². The highest BCUT2D eigenvalue weighted by Gasteiger charge is 2.45. The van der Waals surface area contributed by atoms with Crippen molar-refractivity contribution in [2.45, 2.75) is 32.0 Å². The third kappa shape index (κ3) is 4.18. The van der Waals surface area contributed by atoms with Crippen LogP contribution >= 0.6 is 11.6 Å². The molecular weight excluding hydrogens is 409 g/mol. The molecule has 12 heteroatoms. The minimum atomic E-state index is -4.68. The van der Waals surface area contributed by atoms with E-state index in [1.165, 1.54) is 11.9 Å². The number of urea groups is 1. The van der Waals surface area contributed by atoms with Crippen LogP contribution in [0.2, 0.25) is 5.02 Å². The molecule has 2 saturated heterocycles. The number of sulfone groups is 1. The Morgan fingerprint density at radius 3 is 2.63 bits per heavy atom. The minimum Gasteiger partial charge on any atom is -0.332 e. The molecule has 1 aromatic heterocycles. The van der Waals surface area contributed by atoms with Gasteiger partial charge in [-0.1, -0.05) is 11.6 Å². The largest absolute Gasteiger partial charge is 0.436 e. The zero-order valence-electron chi connectivity index (χ0n) is 14.6. The van der Waals surface area contributed by atoms with Crippen LogP contribution in [0.4, 0.5) is 18.0 Å². The van der Waals surface area contributed by atoms with E-state index in [0.717, 1.165) is 11.1 Å². The summed E-state index contributed by atoms with van der Waals surface area (Å²) in [7, 11) is -1.75. The van der Waals surface area contributed by atoms with Gasteiger partial charge in [0.25, 0.3) is 0 Å². The molecule has 2 aliphatic heterocycles. The summed E-state index contributed by atoms with van der Waals surface area (Å²) in [5.41, 5.74) is -1.56. The van der Waals surface area contributed by atoms with Crippen molar-refractivity contribution >= 4 is 27.5 Å². The number of hydrogen-bond donors (Lipinski definition) is 1. The number of amides is 2. The second-order valence-corrected chi connectivity index (χ2v) is 9.82. The lowest BCUT2D eigenvalue weighted by molar-refractivity contribution is -0.141. The summed E-state index contributed by atoms with van der Waals surface area (Å²) < 4.78 is 63.2. The lowest BCUT2D eigenvalue weighted by Gasteiger charge is -2.39. The monoisotopic (exact) mass is 428 g/mol. The van der Waals surface area contributed by atoms with Crippen molar-refractivity contribution in [3.05, 3.63) is 16.4 Å². The molecule has 0 radical (unpaired) electrons. The maximum absolute atomic E-state index is 12.9. The molecule has 1 spiro atoms. The van der Waals surface area contributed by atoms with Gasteiger partial charge in [-0.3, -0.25) is 4.68 Å². The Morgan fingerprint density at radius 2 is 2.07 bits per heavy atom. The molecule has 152 valence electrons. The summed E-state index contributed by atoms with van der Waals surface area (Å²) in [5.74, 6) is 0.208. The molecule has 3 heterocycles. The average Bonchev–Trinajstić information content (AvgIpc) is 3.01. The maximum atomic E-state index is 12.9. The van der Waals surface area contributed by atoms with Gasteiger partial charge in [0.1, 0.15) is 0 Å². The minimum absolute atomic E-state index is 0.0486. The van der Waals surface area contributed by atoms with Crippen molar-refractivity contribution in [3.8, 4) is 0 Å². The molecule has 3 rings (SSSR count). The Labute approximate surface area is 159 Å². The van der Waals surface area contributed by atoms with E-state index in [1.54, 1.807) is 0 Å². The fourth-order valence-corrected chi connectivity index (χ4v) is 6.40. The molecular formula is C15H20ClF3N4O3S. The van der Waals surface area contributed by atoms with E-state index in [1.807, 2.05) is 0 Å². The zero-order chi connectivity index (χ0) is 20.0. The highest BCUT2D eigenvalue weighted by atomic mass is 35.5. The topological polar surface area (TPSA) is 84.3 Å². The van der Waals surface area contributed by atoms with Crippen LogP contribution in [0.25, 0.3) is 0 Å². The molecule has 1 unspecified atom stereocenters. The van der Waals surface area contributed by atoms with E-state index < -0.39 is 38.2 Å². The lowest BCUT2D eigenvalue weighted by atomic mass is 9.80. The summed E-state index contributed by atoms with van der Waals surface area (Å²) in [6.45, 7) is 0.588. The van der Waals surface area contributed by atoms with Gasteiger partial charge in [0.05, 0.1) is 28.8 Å². The number of hydrogen-bond acceptors (Lipinski definition) is 4. The van der Waals surface area contributed by atoms with E-state index in [4.69, 9.17) is 11.6 Å². The third-order valence-corrected chi connectivity index (χ3v) is 7.47. The van der Waals surface area contributed by atoms with E-state index in [2.05, 4.69) is 10.4 Å². The van der Waals surface area contributed by atoms with Gasteiger partial charge >= 0.3 is 12.2 Å². The van der Waals surface area contributed by atoms with Crippen LogP contribution in [0.3, 0.4) is 0 Å². The highest BCUT2D eigenvalue weighted by Crippen LogP contribution is 2.40. The maximum Gasteiger partial charge on any atom is 0.436 e. The van der Waals surface area contributed by atoms with Gasteiger partial charge in [0, 0.05) is 25.6 Å². The van der Waals surface area contributed by atoms with Gasteiger partial charge < -0.3 is 10.2 Å². The smallest absolute Gasteiger partial charge is 0.332 e. The van der Waals surface area contributed by atoms with Crippen LogP contribution in [0.5, 0.6) is 0 Å². The number of aromatic nitrogens is 2. The van der Waals surface area contributed by atoms with Gasteiger partial charge in [-0.25, -0.2) is 13.2 Å². The molecule has 0 aliphatic carbocycles. The number of carbonyl (C=O) groups excluding carboxylic acids is 1.